The highest BCUT2D eigenvalue weighted by molar-refractivity contribution is 5.53. The monoisotopic (exact) mass is 224 g/mol. The lowest BCUT2D eigenvalue weighted by atomic mass is 10.0. The number of rotatable bonds is 1. The van der Waals surface area contributed by atoms with E-state index >= 15 is 0 Å². The van der Waals surface area contributed by atoms with Gasteiger partial charge in [-0.05, 0) is 18.6 Å². The molecule has 0 amide bonds. The molecule has 83 valence electrons. The smallest absolute Gasteiger partial charge is 0.342 e. The summed E-state index contributed by atoms with van der Waals surface area (Å²) in [5, 5.41) is 0. The summed E-state index contributed by atoms with van der Waals surface area (Å²) in [5.41, 5.74) is 1.86. The van der Waals surface area contributed by atoms with Crippen LogP contribution in [0, 0.1) is 6.42 Å². The Morgan fingerprint density at radius 3 is 2.82 bits per heavy atom. The van der Waals surface area contributed by atoms with E-state index in [1.54, 1.807) is 0 Å². The molecule has 17 heavy (non-hydrogen) atoms. The molecule has 1 aliphatic carbocycles. The highest BCUT2D eigenvalue weighted by Crippen LogP contribution is 2.19. The second-order valence-corrected chi connectivity index (χ2v) is 3.84. The fourth-order valence-electron chi connectivity index (χ4n) is 1.83. The Bertz CT molecular complexity index is 626. The minimum absolute atomic E-state index is 0.297. The number of hydrogen-bond donors (Lipinski definition) is 0. The van der Waals surface area contributed by atoms with Gasteiger partial charge in [0.15, 0.2) is 0 Å². The molecule has 0 unspecified atom stereocenters. The van der Waals surface area contributed by atoms with Gasteiger partial charge in [-0.25, -0.2) is 9.78 Å². The van der Waals surface area contributed by atoms with Gasteiger partial charge in [-0.15, -0.1) is 0 Å². The molecule has 0 bridgehead atoms. The highest BCUT2D eigenvalue weighted by atomic mass is 16.4. The zero-order valence-corrected chi connectivity index (χ0v) is 9.09. The number of aromatic nitrogens is 1. The molecule has 1 heterocycles. The molecule has 1 aromatic heterocycles. The third-order valence-corrected chi connectivity index (χ3v) is 2.70. The molecule has 0 atom stereocenters. The number of benzene rings is 1. The van der Waals surface area contributed by atoms with Gasteiger partial charge < -0.3 is 4.42 Å². The molecule has 0 saturated heterocycles. The van der Waals surface area contributed by atoms with E-state index in [9.17, 15) is 4.79 Å². The third-order valence-electron chi connectivity index (χ3n) is 2.70. The van der Waals surface area contributed by atoms with Gasteiger partial charge in [0.1, 0.15) is 0 Å². The van der Waals surface area contributed by atoms with Gasteiger partial charge >= 0.3 is 5.63 Å². The van der Waals surface area contributed by atoms with Crippen LogP contribution in [0.4, 0.5) is 0 Å². The summed E-state index contributed by atoms with van der Waals surface area (Å²) in [5.74, 6) is 0.376. The second-order valence-electron chi connectivity index (χ2n) is 3.84. The maximum absolute atomic E-state index is 11.8. The Morgan fingerprint density at radius 1 is 1.18 bits per heavy atom. The van der Waals surface area contributed by atoms with Crippen LogP contribution >= 0.6 is 0 Å². The SMILES string of the molecule is O=c1oc(-c2ccccc2)nc2c1CC=C[CH]2. The van der Waals surface area contributed by atoms with E-state index in [0.29, 0.717) is 23.6 Å². The summed E-state index contributed by atoms with van der Waals surface area (Å²) in [7, 11) is 0. The molecule has 0 aliphatic heterocycles. The average molecular weight is 224 g/mol. The summed E-state index contributed by atoms with van der Waals surface area (Å²) in [6.45, 7) is 0. The standard InChI is InChI=1S/C14H10NO2/c16-14-11-8-4-5-9-12(11)15-13(17-14)10-6-2-1-3-7-10/h1-7,9H,8H2. The van der Waals surface area contributed by atoms with Crippen LogP contribution in [0.15, 0.2) is 51.7 Å². The topological polar surface area (TPSA) is 43.1 Å². The van der Waals surface area contributed by atoms with Crippen molar-refractivity contribution in [2.75, 3.05) is 0 Å². The average Bonchev–Trinajstić information content (AvgIpc) is 2.40. The van der Waals surface area contributed by atoms with Crippen molar-refractivity contribution in [1.82, 2.24) is 4.98 Å². The van der Waals surface area contributed by atoms with Gasteiger partial charge in [0, 0.05) is 12.0 Å². The minimum atomic E-state index is -0.297. The van der Waals surface area contributed by atoms with Gasteiger partial charge in [0.05, 0.1) is 11.3 Å². The lowest BCUT2D eigenvalue weighted by Gasteiger charge is -2.08. The third kappa shape index (κ3) is 1.80. The van der Waals surface area contributed by atoms with Crippen molar-refractivity contribution >= 4 is 0 Å². The fraction of sp³-hybridized carbons (Fsp3) is 0.0714. The van der Waals surface area contributed by atoms with Crippen LogP contribution < -0.4 is 5.63 Å². The lowest BCUT2D eigenvalue weighted by molar-refractivity contribution is 0.496. The summed E-state index contributed by atoms with van der Waals surface area (Å²) < 4.78 is 5.24. The van der Waals surface area contributed by atoms with E-state index < -0.39 is 0 Å². The molecule has 0 saturated carbocycles. The fourth-order valence-corrected chi connectivity index (χ4v) is 1.83. The molecule has 0 N–H and O–H groups in total. The molecule has 1 aromatic carbocycles. The lowest BCUT2D eigenvalue weighted by Crippen LogP contribution is -2.14. The first kappa shape index (κ1) is 10.0. The largest absolute Gasteiger partial charge is 0.403 e. The van der Waals surface area contributed by atoms with Crippen molar-refractivity contribution in [3.05, 3.63) is 70.6 Å². The molecule has 2 aromatic rings. The van der Waals surface area contributed by atoms with Gasteiger partial charge in [0.2, 0.25) is 5.89 Å². The van der Waals surface area contributed by atoms with Gasteiger partial charge in [-0.3, -0.25) is 0 Å². The molecule has 0 fully saturated rings. The van der Waals surface area contributed by atoms with Crippen molar-refractivity contribution in [1.29, 1.82) is 0 Å². The normalized spacial score (nSPS) is 13.4. The van der Waals surface area contributed by atoms with Crippen molar-refractivity contribution in [2.45, 2.75) is 6.42 Å². The van der Waals surface area contributed by atoms with Crippen LogP contribution in [0.3, 0.4) is 0 Å². The Morgan fingerprint density at radius 2 is 2.00 bits per heavy atom. The highest BCUT2D eigenvalue weighted by Gasteiger charge is 2.15. The molecule has 1 radical (unpaired) electrons. The minimum Gasteiger partial charge on any atom is -0.403 e. The molecular weight excluding hydrogens is 214 g/mol. The van der Waals surface area contributed by atoms with Gasteiger partial charge in [0.25, 0.3) is 0 Å². The maximum Gasteiger partial charge on any atom is 0.342 e. The maximum atomic E-state index is 11.8. The molecule has 1 aliphatic rings. The number of nitrogens with zero attached hydrogens (tertiary/aromatic N) is 1. The first-order chi connectivity index (χ1) is 8.34. The summed E-state index contributed by atoms with van der Waals surface area (Å²) in [4.78, 5) is 16.2. The van der Waals surface area contributed by atoms with Crippen molar-refractivity contribution in [3.8, 4) is 11.5 Å². The van der Waals surface area contributed by atoms with Gasteiger partial charge in [-0.1, -0.05) is 30.4 Å². The first-order valence-electron chi connectivity index (χ1n) is 5.44. The van der Waals surface area contributed by atoms with Crippen molar-refractivity contribution in [3.63, 3.8) is 0 Å². The van der Waals surface area contributed by atoms with Gasteiger partial charge in [-0.2, -0.15) is 0 Å². The summed E-state index contributed by atoms with van der Waals surface area (Å²) in [6, 6.07) is 9.43. The van der Waals surface area contributed by atoms with Crippen LogP contribution in [0.25, 0.3) is 11.5 Å². The van der Waals surface area contributed by atoms with E-state index in [2.05, 4.69) is 4.98 Å². The second kappa shape index (κ2) is 4.01. The van der Waals surface area contributed by atoms with E-state index in [0.717, 1.165) is 5.56 Å². The Kier molecular flexibility index (Phi) is 2.37. The van der Waals surface area contributed by atoms with Crippen LogP contribution in [0.2, 0.25) is 0 Å². The van der Waals surface area contributed by atoms with E-state index in [1.165, 1.54) is 0 Å². The van der Waals surface area contributed by atoms with E-state index in [-0.39, 0.29) is 5.63 Å². The zero-order valence-electron chi connectivity index (χ0n) is 9.09. The summed E-state index contributed by atoms with van der Waals surface area (Å²) >= 11 is 0. The number of fused-ring (bicyclic) bond motifs is 1. The predicted molar refractivity (Wildman–Crippen MR) is 64.5 cm³/mol. The zero-order chi connectivity index (χ0) is 11.7. The first-order valence-corrected chi connectivity index (χ1v) is 5.44. The molecule has 3 nitrogen and oxygen atoms in total. The van der Waals surface area contributed by atoms with Crippen LogP contribution in [0.5, 0.6) is 0 Å². The van der Waals surface area contributed by atoms with E-state index in [4.69, 9.17) is 4.42 Å². The Balaban J connectivity index is 2.16. The quantitative estimate of drug-likeness (QED) is 0.746. The van der Waals surface area contributed by atoms with Crippen molar-refractivity contribution in [2.24, 2.45) is 0 Å². The molecular formula is C14H10NO2. The van der Waals surface area contributed by atoms with E-state index in [1.807, 2.05) is 48.9 Å². The van der Waals surface area contributed by atoms with Crippen LogP contribution in [-0.4, -0.2) is 4.98 Å². The van der Waals surface area contributed by atoms with Crippen molar-refractivity contribution < 1.29 is 4.42 Å². The molecule has 3 rings (SSSR count). The Hall–Kier alpha value is -2.16. The molecule has 0 spiro atoms. The number of hydrogen-bond acceptors (Lipinski definition) is 3. The number of allylic oxidation sites excluding steroid dienone is 2. The summed E-state index contributed by atoms with van der Waals surface area (Å²) in [6.07, 6.45) is 6.26. The van der Waals surface area contributed by atoms with Crippen LogP contribution in [-0.2, 0) is 6.42 Å². The Labute approximate surface area is 98.4 Å². The predicted octanol–water partition coefficient (Wildman–Crippen LogP) is 2.37. The molecule has 3 heteroatoms. The van der Waals surface area contributed by atoms with Crippen LogP contribution in [0.1, 0.15) is 11.3 Å².